The number of benzene rings is 1. The quantitative estimate of drug-likeness (QED) is 0.376. The summed E-state index contributed by atoms with van der Waals surface area (Å²) < 4.78 is 16.1. The van der Waals surface area contributed by atoms with Crippen LogP contribution in [0.15, 0.2) is 35.5 Å². The maximum absolute atomic E-state index is 12.4. The Bertz CT molecular complexity index is 756. The van der Waals surface area contributed by atoms with Gasteiger partial charge in [-0.2, -0.15) is 0 Å². The van der Waals surface area contributed by atoms with Gasteiger partial charge in [-0.1, -0.05) is 11.2 Å². The monoisotopic (exact) mass is 403 g/mol. The summed E-state index contributed by atoms with van der Waals surface area (Å²) in [5.74, 6) is 1.59. The van der Waals surface area contributed by atoms with Crippen LogP contribution in [0.4, 0.5) is 0 Å². The Morgan fingerprint density at radius 2 is 1.55 bits per heavy atom. The predicted molar refractivity (Wildman–Crippen MR) is 113 cm³/mol. The van der Waals surface area contributed by atoms with Gasteiger partial charge in [0.1, 0.15) is 12.8 Å². The molecule has 0 saturated carbocycles. The molecule has 1 aromatic rings. The first-order valence-corrected chi connectivity index (χ1v) is 9.27. The van der Waals surface area contributed by atoms with Crippen LogP contribution in [0.1, 0.15) is 5.56 Å². The van der Waals surface area contributed by atoms with Gasteiger partial charge in [-0.05, 0) is 36.9 Å². The molecule has 0 unspecified atom stereocenters. The van der Waals surface area contributed by atoms with Crippen LogP contribution in [0.5, 0.6) is 17.2 Å². The van der Waals surface area contributed by atoms with E-state index in [1.165, 1.54) is 13.2 Å². The summed E-state index contributed by atoms with van der Waals surface area (Å²) >= 11 is 0. The van der Waals surface area contributed by atoms with E-state index in [0.29, 0.717) is 23.0 Å². The molecule has 29 heavy (non-hydrogen) atoms. The third-order valence-corrected chi connectivity index (χ3v) is 4.54. The Balaban J connectivity index is 2.15. The molecule has 1 amide bonds. The molecule has 0 radical (unpaired) electrons. The second-order valence-corrected chi connectivity index (χ2v) is 6.45. The van der Waals surface area contributed by atoms with E-state index in [9.17, 15) is 4.79 Å². The van der Waals surface area contributed by atoms with Gasteiger partial charge in [0, 0.05) is 32.3 Å². The van der Waals surface area contributed by atoms with E-state index in [-0.39, 0.29) is 5.91 Å². The molecule has 1 heterocycles. The Hall–Kier alpha value is -3.00. The number of nitrogens with zero attached hydrogens (tertiary/aromatic N) is 3. The number of carbonyl (C=O) groups excluding carboxylic acids is 1. The normalized spacial score (nSPS) is 15.8. The number of piperazine rings is 1. The van der Waals surface area contributed by atoms with E-state index in [4.69, 9.17) is 19.0 Å². The summed E-state index contributed by atoms with van der Waals surface area (Å²) in [7, 11) is 8.20. The van der Waals surface area contributed by atoms with Crippen molar-refractivity contribution in [1.82, 2.24) is 9.80 Å². The van der Waals surface area contributed by atoms with Crippen molar-refractivity contribution in [3.8, 4) is 17.2 Å². The average Bonchev–Trinajstić information content (AvgIpc) is 2.74. The highest BCUT2D eigenvalue weighted by molar-refractivity contribution is 6.09. The zero-order chi connectivity index (χ0) is 21.2. The third kappa shape index (κ3) is 6.25. The van der Waals surface area contributed by atoms with Gasteiger partial charge in [0.05, 0.1) is 21.3 Å². The molecule has 8 nitrogen and oxygen atoms in total. The van der Waals surface area contributed by atoms with Crippen molar-refractivity contribution in [2.45, 2.75) is 0 Å². The number of carbonyl (C=O) groups is 1. The highest BCUT2D eigenvalue weighted by atomic mass is 16.6. The van der Waals surface area contributed by atoms with Crippen LogP contribution < -0.4 is 14.2 Å². The molecular weight excluding hydrogens is 374 g/mol. The largest absolute Gasteiger partial charge is 0.493 e. The van der Waals surface area contributed by atoms with Crippen molar-refractivity contribution in [3.63, 3.8) is 0 Å². The van der Waals surface area contributed by atoms with Crippen molar-refractivity contribution < 1.29 is 23.8 Å². The molecular formula is C21H29N3O5. The number of hydrogen-bond acceptors (Lipinski definition) is 7. The fourth-order valence-corrected chi connectivity index (χ4v) is 2.89. The van der Waals surface area contributed by atoms with Crippen LogP contribution in [-0.4, -0.2) is 83.1 Å². The van der Waals surface area contributed by atoms with E-state index in [1.54, 1.807) is 33.5 Å². The van der Waals surface area contributed by atoms with Gasteiger partial charge in [0.15, 0.2) is 11.5 Å². The van der Waals surface area contributed by atoms with Crippen molar-refractivity contribution in [2.75, 3.05) is 61.7 Å². The molecule has 8 heteroatoms. The number of likely N-dealkylation sites (N-methyl/N-ethyl adjacent to an activating group) is 1. The number of methoxy groups -OCH3 is 3. The van der Waals surface area contributed by atoms with Crippen molar-refractivity contribution in [2.24, 2.45) is 5.16 Å². The minimum Gasteiger partial charge on any atom is -0.493 e. The minimum atomic E-state index is -0.0388. The fraction of sp³-hybridized carbons (Fsp3) is 0.429. The maximum atomic E-state index is 12.4. The van der Waals surface area contributed by atoms with E-state index >= 15 is 0 Å². The van der Waals surface area contributed by atoms with Crippen LogP contribution >= 0.6 is 0 Å². The highest BCUT2D eigenvalue weighted by Crippen LogP contribution is 2.38. The Labute approximate surface area is 172 Å². The molecule has 1 aromatic carbocycles. The Morgan fingerprint density at radius 3 is 2.07 bits per heavy atom. The second kappa shape index (κ2) is 11.1. The van der Waals surface area contributed by atoms with Crippen molar-refractivity contribution >= 4 is 17.7 Å². The number of amides is 1. The molecule has 0 bridgehead atoms. The van der Waals surface area contributed by atoms with E-state index in [2.05, 4.69) is 17.1 Å². The van der Waals surface area contributed by atoms with Crippen molar-refractivity contribution in [3.05, 3.63) is 35.9 Å². The lowest BCUT2D eigenvalue weighted by Crippen LogP contribution is -2.46. The molecule has 158 valence electrons. The van der Waals surface area contributed by atoms with Crippen LogP contribution in [0.25, 0.3) is 6.08 Å². The standard InChI is InChI=1S/C21H29N3O5/c1-23-10-12-24(13-11-23)20(25)9-8-17(22-29-5)7-6-16-14-18(26-2)21(28-4)19(15-16)27-3/h6-9,14-15H,10-13H2,1-5H3/b7-6+,9-8+,22-17-. The summed E-state index contributed by atoms with van der Waals surface area (Å²) in [6.07, 6.45) is 6.73. The Kier molecular flexibility index (Phi) is 8.54. The van der Waals surface area contributed by atoms with E-state index < -0.39 is 0 Å². The summed E-state index contributed by atoms with van der Waals surface area (Å²) in [6, 6.07) is 3.64. The summed E-state index contributed by atoms with van der Waals surface area (Å²) in [5.41, 5.74) is 1.32. The lowest BCUT2D eigenvalue weighted by atomic mass is 10.1. The van der Waals surface area contributed by atoms with Gasteiger partial charge < -0.3 is 28.8 Å². The highest BCUT2D eigenvalue weighted by Gasteiger charge is 2.17. The first-order valence-electron chi connectivity index (χ1n) is 9.27. The smallest absolute Gasteiger partial charge is 0.246 e. The van der Waals surface area contributed by atoms with E-state index in [1.807, 2.05) is 23.1 Å². The topological polar surface area (TPSA) is 72.8 Å². The second-order valence-electron chi connectivity index (χ2n) is 6.45. The zero-order valence-corrected chi connectivity index (χ0v) is 17.7. The van der Waals surface area contributed by atoms with Gasteiger partial charge in [-0.25, -0.2) is 0 Å². The van der Waals surface area contributed by atoms with E-state index in [0.717, 1.165) is 31.7 Å². The number of rotatable bonds is 8. The SMILES string of the molecule is CO/N=C(\C=C\C(=O)N1CCN(C)CC1)/C=C/c1cc(OC)c(OC)c(OC)c1. The zero-order valence-electron chi connectivity index (χ0n) is 17.7. The van der Waals surface area contributed by atoms with Crippen molar-refractivity contribution in [1.29, 1.82) is 0 Å². The molecule has 1 aliphatic rings. The van der Waals surface area contributed by atoms with Gasteiger partial charge in [-0.3, -0.25) is 4.79 Å². The van der Waals surface area contributed by atoms with Gasteiger partial charge in [-0.15, -0.1) is 0 Å². The maximum Gasteiger partial charge on any atom is 0.246 e. The molecule has 1 saturated heterocycles. The molecule has 2 rings (SSSR count). The van der Waals surface area contributed by atoms with Crippen LogP contribution in [0.2, 0.25) is 0 Å². The summed E-state index contributed by atoms with van der Waals surface area (Å²) in [4.78, 5) is 21.3. The van der Waals surface area contributed by atoms with Gasteiger partial charge in [0.25, 0.3) is 0 Å². The number of hydrogen-bond donors (Lipinski definition) is 0. The molecule has 0 spiro atoms. The number of ether oxygens (including phenoxy) is 3. The van der Waals surface area contributed by atoms with Gasteiger partial charge >= 0.3 is 0 Å². The summed E-state index contributed by atoms with van der Waals surface area (Å²) in [5, 5.41) is 3.96. The molecule has 1 aliphatic heterocycles. The van der Waals surface area contributed by atoms with Crippen LogP contribution in [0.3, 0.4) is 0 Å². The number of allylic oxidation sites excluding steroid dienone is 2. The molecule has 0 aromatic heterocycles. The Morgan fingerprint density at radius 1 is 0.931 bits per heavy atom. The first kappa shape index (κ1) is 22.3. The average molecular weight is 403 g/mol. The summed E-state index contributed by atoms with van der Waals surface area (Å²) in [6.45, 7) is 3.19. The third-order valence-electron chi connectivity index (χ3n) is 4.54. The molecule has 1 fully saturated rings. The number of oxime groups is 1. The van der Waals surface area contributed by atoms with Crippen LogP contribution in [0, 0.1) is 0 Å². The van der Waals surface area contributed by atoms with Gasteiger partial charge in [0.2, 0.25) is 11.7 Å². The molecule has 0 atom stereocenters. The predicted octanol–water partition coefficient (Wildman–Crippen LogP) is 2.06. The molecule has 0 aliphatic carbocycles. The first-order chi connectivity index (χ1) is 14.0. The minimum absolute atomic E-state index is 0.0388. The lowest BCUT2D eigenvalue weighted by molar-refractivity contribution is -0.127. The molecule has 0 N–H and O–H groups in total. The lowest BCUT2D eigenvalue weighted by Gasteiger charge is -2.31. The van der Waals surface area contributed by atoms with Crippen LogP contribution in [-0.2, 0) is 9.63 Å². The fourth-order valence-electron chi connectivity index (χ4n) is 2.89.